The van der Waals surface area contributed by atoms with Gasteiger partial charge >= 0.3 is 0 Å². The van der Waals surface area contributed by atoms with Crippen LogP contribution in [0.25, 0.3) is 55.2 Å². The fraction of sp³-hybridized carbons (Fsp3) is 0.200. The molecule has 5 aromatic heterocycles. The second kappa shape index (κ2) is 9.74. The molecular weight excluding hydrogens is 509 g/mol. The number of imidazole rings is 1. The first-order valence-corrected chi connectivity index (χ1v) is 13.9. The van der Waals surface area contributed by atoms with Crippen molar-refractivity contribution < 1.29 is 4.39 Å². The van der Waals surface area contributed by atoms with Gasteiger partial charge in [-0.3, -0.25) is 15.1 Å². The van der Waals surface area contributed by atoms with Crippen LogP contribution < -0.4 is 5.32 Å². The number of para-hydroxylation sites is 1. The number of nitrogens with one attached hydrogen (secondary N) is 3. The number of nitrogens with zero attached hydrogens (tertiary/aromatic N) is 4. The van der Waals surface area contributed by atoms with Crippen LogP contribution in [0.3, 0.4) is 0 Å². The lowest BCUT2D eigenvalue weighted by molar-refractivity contribution is 0.405. The summed E-state index contributed by atoms with van der Waals surface area (Å²) in [5.41, 5.74) is 7.69. The Kier molecular flexibility index (Phi) is 5.93. The first-order valence-electron chi connectivity index (χ1n) is 13.1. The molecule has 3 N–H and O–H groups in total. The van der Waals surface area contributed by atoms with Gasteiger partial charge in [-0.05, 0) is 49.1 Å². The summed E-state index contributed by atoms with van der Waals surface area (Å²) < 4.78 is 13.7. The van der Waals surface area contributed by atoms with Crippen LogP contribution >= 0.6 is 11.3 Å². The molecule has 1 fully saturated rings. The number of H-pyrrole nitrogens is 2. The third kappa shape index (κ3) is 4.48. The highest BCUT2D eigenvalue weighted by atomic mass is 32.1. The van der Waals surface area contributed by atoms with Crippen molar-refractivity contribution in [3.63, 3.8) is 0 Å². The highest BCUT2D eigenvalue weighted by Crippen LogP contribution is 2.35. The van der Waals surface area contributed by atoms with Crippen LogP contribution in [0.1, 0.15) is 32.1 Å². The quantitative estimate of drug-likeness (QED) is 0.201. The van der Waals surface area contributed by atoms with Gasteiger partial charge in [-0.2, -0.15) is 9.49 Å². The molecule has 194 valence electrons. The largest absolute Gasteiger partial charge is 0.358 e. The van der Waals surface area contributed by atoms with Gasteiger partial charge in [0.15, 0.2) is 11.0 Å². The minimum atomic E-state index is -0.219. The molecule has 0 amide bonds. The molecule has 1 aliphatic carbocycles. The fourth-order valence-corrected chi connectivity index (χ4v) is 6.20. The zero-order valence-corrected chi connectivity index (χ0v) is 22.0. The molecule has 0 atom stereocenters. The molecule has 1 saturated carbocycles. The van der Waals surface area contributed by atoms with Crippen molar-refractivity contribution in [1.29, 1.82) is 0 Å². The number of hydrogen-bond acceptors (Lipinski definition) is 6. The molecule has 9 heteroatoms. The third-order valence-corrected chi connectivity index (χ3v) is 8.37. The average Bonchev–Trinajstić information content (AvgIpc) is 3.71. The van der Waals surface area contributed by atoms with Crippen LogP contribution in [0, 0.1) is 11.0 Å². The Morgan fingerprint density at radius 2 is 1.92 bits per heavy atom. The summed E-state index contributed by atoms with van der Waals surface area (Å²) in [6.07, 6.45) is 11.6. The summed E-state index contributed by atoms with van der Waals surface area (Å²) in [6.45, 7) is 4.30. The van der Waals surface area contributed by atoms with E-state index in [1.165, 1.54) is 38.2 Å². The summed E-state index contributed by atoms with van der Waals surface area (Å²) in [7, 11) is 0. The number of benzene rings is 1. The predicted molar refractivity (Wildman–Crippen MR) is 155 cm³/mol. The van der Waals surface area contributed by atoms with Gasteiger partial charge in [-0.25, -0.2) is 4.98 Å². The average molecular weight is 536 g/mol. The van der Waals surface area contributed by atoms with E-state index in [4.69, 9.17) is 4.98 Å². The van der Waals surface area contributed by atoms with Crippen molar-refractivity contribution in [2.45, 2.75) is 32.1 Å². The number of rotatable bonds is 6. The van der Waals surface area contributed by atoms with Gasteiger partial charge in [0.2, 0.25) is 0 Å². The van der Waals surface area contributed by atoms with Crippen LogP contribution in [0.15, 0.2) is 73.3 Å². The Balaban J connectivity index is 1.22. The Morgan fingerprint density at radius 1 is 1.03 bits per heavy atom. The minimum Gasteiger partial charge on any atom is -0.358 e. The number of halogens is 1. The summed E-state index contributed by atoms with van der Waals surface area (Å²) >= 11 is 1.11. The maximum Gasteiger partial charge on any atom is 0.176 e. The van der Waals surface area contributed by atoms with Crippen molar-refractivity contribution in [2.75, 3.05) is 5.32 Å². The van der Waals surface area contributed by atoms with E-state index in [0.29, 0.717) is 17.4 Å². The van der Waals surface area contributed by atoms with Crippen LogP contribution in [0.5, 0.6) is 0 Å². The summed E-state index contributed by atoms with van der Waals surface area (Å²) in [5.74, 6) is 1.14. The van der Waals surface area contributed by atoms with E-state index in [9.17, 15) is 4.39 Å². The van der Waals surface area contributed by atoms with Gasteiger partial charge in [0.25, 0.3) is 0 Å². The second-order valence-electron chi connectivity index (χ2n) is 10.0. The highest BCUT2D eigenvalue weighted by Gasteiger charge is 2.18. The van der Waals surface area contributed by atoms with Crippen LogP contribution in [-0.4, -0.2) is 30.1 Å². The van der Waals surface area contributed by atoms with Crippen molar-refractivity contribution >= 4 is 39.0 Å². The smallest absolute Gasteiger partial charge is 0.176 e. The van der Waals surface area contributed by atoms with Crippen molar-refractivity contribution in [3.05, 3.63) is 78.5 Å². The molecule has 6 aromatic rings. The summed E-state index contributed by atoms with van der Waals surface area (Å²) in [6, 6.07) is 13.2. The van der Waals surface area contributed by atoms with E-state index in [1.54, 1.807) is 12.3 Å². The Morgan fingerprint density at radius 3 is 2.77 bits per heavy atom. The first kappa shape index (κ1) is 23.7. The van der Waals surface area contributed by atoms with Crippen molar-refractivity contribution in [1.82, 2.24) is 30.1 Å². The topological polar surface area (TPSA) is 95.2 Å². The molecule has 7 rings (SSSR count). The van der Waals surface area contributed by atoms with Gasteiger partial charge in [0, 0.05) is 33.3 Å². The van der Waals surface area contributed by atoms with E-state index < -0.39 is 0 Å². The van der Waals surface area contributed by atoms with Gasteiger partial charge < -0.3 is 10.3 Å². The first-order chi connectivity index (χ1) is 19.1. The molecular formula is C30H26FN7S. The second-order valence-corrected chi connectivity index (χ2v) is 11.1. The number of allylic oxidation sites excluding steroid dienone is 1. The van der Waals surface area contributed by atoms with Crippen LogP contribution in [-0.2, 0) is 0 Å². The van der Waals surface area contributed by atoms with E-state index in [1.807, 2.05) is 36.7 Å². The molecule has 0 aliphatic heterocycles. The normalized spacial score (nSPS) is 14.3. The molecule has 0 saturated heterocycles. The predicted octanol–water partition coefficient (Wildman–Crippen LogP) is 7.94. The van der Waals surface area contributed by atoms with E-state index in [2.05, 4.69) is 43.1 Å². The third-order valence-electron chi connectivity index (χ3n) is 7.46. The number of aromatic nitrogens is 6. The zero-order valence-electron chi connectivity index (χ0n) is 21.2. The number of thiophene rings is 1. The lowest BCUT2D eigenvalue weighted by Gasteiger charge is -2.24. The number of anilines is 1. The molecule has 0 radical (unpaired) electrons. The lowest BCUT2D eigenvalue weighted by Crippen LogP contribution is -2.14. The molecule has 5 heterocycles. The zero-order chi connectivity index (χ0) is 26.3. The SMILES string of the molecule is C=C(Nc1cncc(-c2cc3c(-c4nc5c(-c6ccc(F)s6)cccc5[nH]4)n[nH]c3cn2)c1)C1CCCCC1. The summed E-state index contributed by atoms with van der Waals surface area (Å²) in [5, 5.41) is 11.8. The maximum atomic E-state index is 13.7. The minimum absolute atomic E-state index is 0.219. The molecule has 7 nitrogen and oxygen atoms in total. The van der Waals surface area contributed by atoms with E-state index in [0.717, 1.165) is 66.4 Å². The molecule has 0 bridgehead atoms. The summed E-state index contributed by atoms with van der Waals surface area (Å²) in [4.78, 5) is 18.2. The molecule has 1 aliphatic rings. The lowest BCUT2D eigenvalue weighted by atomic mass is 9.87. The van der Waals surface area contributed by atoms with E-state index >= 15 is 0 Å². The van der Waals surface area contributed by atoms with Gasteiger partial charge in [0.05, 0.1) is 40.3 Å². The Bertz CT molecular complexity index is 1830. The molecule has 1 aromatic carbocycles. The standard InChI is InChI=1S/C30H26FN7S/c1-17(18-6-3-2-4-7-18)34-20-12-19(14-32-15-20)24-13-22-25(16-33-24)37-38-29(22)30-35-23-9-5-8-21(28(23)36-30)26-10-11-27(31)39-26/h5,8-16,18,34H,1-4,6-7H2,(H,35,36)(H,37,38). The van der Waals surface area contributed by atoms with Crippen LogP contribution in [0.4, 0.5) is 10.1 Å². The Hall–Kier alpha value is -4.37. The fourth-order valence-electron chi connectivity index (χ4n) is 5.44. The molecule has 0 unspecified atom stereocenters. The van der Waals surface area contributed by atoms with E-state index in [-0.39, 0.29) is 5.13 Å². The van der Waals surface area contributed by atoms with Gasteiger partial charge in [-0.1, -0.05) is 38.0 Å². The molecule has 0 spiro atoms. The van der Waals surface area contributed by atoms with Crippen molar-refractivity contribution in [2.24, 2.45) is 5.92 Å². The maximum absolute atomic E-state index is 13.7. The van der Waals surface area contributed by atoms with Crippen molar-refractivity contribution in [3.8, 4) is 33.2 Å². The van der Waals surface area contributed by atoms with Crippen LogP contribution in [0.2, 0.25) is 0 Å². The van der Waals surface area contributed by atoms with Gasteiger partial charge in [0.1, 0.15) is 5.69 Å². The van der Waals surface area contributed by atoms with Gasteiger partial charge in [-0.15, -0.1) is 11.3 Å². The number of fused-ring (bicyclic) bond motifs is 2. The Labute approximate surface area is 228 Å². The number of hydrogen-bond donors (Lipinski definition) is 3. The number of aromatic amines is 2. The molecule has 39 heavy (non-hydrogen) atoms. The monoisotopic (exact) mass is 535 g/mol. The highest BCUT2D eigenvalue weighted by molar-refractivity contribution is 7.14. The number of pyridine rings is 2.